The summed E-state index contributed by atoms with van der Waals surface area (Å²) in [6.45, 7) is 3.78. The van der Waals surface area contributed by atoms with Crippen LogP contribution in [0.15, 0.2) is 66.7 Å². The van der Waals surface area contributed by atoms with E-state index < -0.39 is 5.97 Å². The van der Waals surface area contributed by atoms with Gasteiger partial charge in [-0.1, -0.05) is 54.6 Å². The fraction of sp³-hybridized carbons (Fsp3) is 0.250. The third-order valence-electron chi connectivity index (χ3n) is 4.60. The van der Waals surface area contributed by atoms with Crippen LogP contribution < -0.4 is 10.1 Å². The summed E-state index contributed by atoms with van der Waals surface area (Å²) in [6.07, 6.45) is 0.0834. The van der Waals surface area contributed by atoms with Crippen LogP contribution in [0.3, 0.4) is 0 Å². The van der Waals surface area contributed by atoms with Crippen molar-refractivity contribution in [3.63, 3.8) is 0 Å². The van der Waals surface area contributed by atoms with Gasteiger partial charge in [-0.3, -0.25) is 9.59 Å². The van der Waals surface area contributed by atoms with Crippen LogP contribution in [0.2, 0.25) is 0 Å². The Morgan fingerprint density at radius 2 is 1.76 bits per heavy atom. The molecule has 0 heterocycles. The molecule has 0 aromatic heterocycles. The average molecular weight is 391 g/mol. The molecular formula is C24H25NO4. The molecule has 3 aromatic rings. The van der Waals surface area contributed by atoms with Crippen molar-refractivity contribution < 1.29 is 19.1 Å². The number of rotatable bonds is 8. The van der Waals surface area contributed by atoms with E-state index in [-0.39, 0.29) is 31.6 Å². The predicted octanol–water partition coefficient (Wildman–Crippen LogP) is 4.34. The molecule has 5 heteroatoms. The minimum Gasteiger partial charge on any atom is -0.493 e. The lowest BCUT2D eigenvalue weighted by molar-refractivity contribution is -0.149. The summed E-state index contributed by atoms with van der Waals surface area (Å²) < 4.78 is 10.6. The molecular weight excluding hydrogens is 366 g/mol. The molecule has 0 unspecified atom stereocenters. The minimum absolute atomic E-state index is 0.0834. The molecule has 0 aliphatic rings. The Kier molecular flexibility index (Phi) is 6.85. The first-order valence-electron chi connectivity index (χ1n) is 9.65. The maximum absolute atomic E-state index is 12.2. The molecule has 29 heavy (non-hydrogen) atoms. The molecule has 5 nitrogen and oxygen atoms in total. The van der Waals surface area contributed by atoms with Crippen LogP contribution in [0.25, 0.3) is 10.8 Å². The highest BCUT2D eigenvalue weighted by Gasteiger charge is 2.14. The molecule has 3 rings (SSSR count). The zero-order chi connectivity index (χ0) is 20.6. The standard InChI is InChI=1S/C24H25NO4/c1-17-7-5-10-20(15-17)28-14-13-24(27)29-16-23(26)25-18(2)21-12-6-9-19-8-3-4-11-22(19)21/h3-12,15,18H,13-14,16H2,1-2H3,(H,25,26)/t18-/m1/s1. The highest BCUT2D eigenvalue weighted by atomic mass is 16.5. The van der Waals surface area contributed by atoms with Crippen LogP contribution >= 0.6 is 0 Å². The first-order valence-corrected chi connectivity index (χ1v) is 9.65. The van der Waals surface area contributed by atoms with Crippen molar-refractivity contribution >= 4 is 22.6 Å². The molecule has 3 aromatic carbocycles. The Hall–Kier alpha value is -3.34. The van der Waals surface area contributed by atoms with Gasteiger partial charge in [0.25, 0.3) is 5.91 Å². The van der Waals surface area contributed by atoms with E-state index in [0.717, 1.165) is 21.9 Å². The lowest BCUT2D eigenvalue weighted by Crippen LogP contribution is -2.31. The SMILES string of the molecule is Cc1cccc(OCCC(=O)OCC(=O)N[C@H](C)c2cccc3ccccc23)c1. The summed E-state index contributed by atoms with van der Waals surface area (Å²) in [6, 6.07) is 21.4. The van der Waals surface area contributed by atoms with Gasteiger partial charge in [0.1, 0.15) is 5.75 Å². The fourth-order valence-corrected chi connectivity index (χ4v) is 3.16. The van der Waals surface area contributed by atoms with E-state index in [4.69, 9.17) is 9.47 Å². The van der Waals surface area contributed by atoms with Gasteiger partial charge in [-0.15, -0.1) is 0 Å². The second-order valence-electron chi connectivity index (χ2n) is 6.93. The number of aryl methyl sites for hydroxylation is 1. The van der Waals surface area contributed by atoms with Crippen LogP contribution in [0.1, 0.15) is 30.5 Å². The van der Waals surface area contributed by atoms with Crippen LogP contribution in [-0.4, -0.2) is 25.1 Å². The predicted molar refractivity (Wildman–Crippen MR) is 113 cm³/mol. The monoisotopic (exact) mass is 391 g/mol. The number of amides is 1. The molecule has 1 N–H and O–H groups in total. The number of hydrogen-bond donors (Lipinski definition) is 1. The van der Waals surface area contributed by atoms with Crippen LogP contribution in [0, 0.1) is 6.92 Å². The van der Waals surface area contributed by atoms with E-state index in [9.17, 15) is 9.59 Å². The smallest absolute Gasteiger partial charge is 0.309 e. The highest BCUT2D eigenvalue weighted by Crippen LogP contribution is 2.23. The van der Waals surface area contributed by atoms with E-state index in [0.29, 0.717) is 5.75 Å². The molecule has 0 spiro atoms. The van der Waals surface area contributed by atoms with Gasteiger partial charge in [0.2, 0.25) is 0 Å². The molecule has 0 fully saturated rings. The zero-order valence-electron chi connectivity index (χ0n) is 16.7. The van der Waals surface area contributed by atoms with Crippen LogP contribution in [-0.2, 0) is 14.3 Å². The lowest BCUT2D eigenvalue weighted by atomic mass is 10.00. The lowest BCUT2D eigenvalue weighted by Gasteiger charge is -2.16. The molecule has 0 saturated carbocycles. The van der Waals surface area contributed by atoms with Crippen molar-refractivity contribution in [3.8, 4) is 5.75 Å². The minimum atomic E-state index is -0.467. The maximum atomic E-state index is 12.2. The van der Waals surface area contributed by atoms with Crippen molar-refractivity contribution in [3.05, 3.63) is 77.9 Å². The van der Waals surface area contributed by atoms with Crippen molar-refractivity contribution in [2.24, 2.45) is 0 Å². The first kappa shape index (κ1) is 20.4. The summed E-state index contributed by atoms with van der Waals surface area (Å²) in [5.41, 5.74) is 2.11. The first-order chi connectivity index (χ1) is 14.0. The van der Waals surface area contributed by atoms with Gasteiger partial charge >= 0.3 is 5.97 Å². The van der Waals surface area contributed by atoms with E-state index in [2.05, 4.69) is 5.32 Å². The van der Waals surface area contributed by atoms with Crippen LogP contribution in [0.4, 0.5) is 0 Å². The number of ether oxygens (including phenoxy) is 2. The van der Waals surface area contributed by atoms with Gasteiger partial charge in [-0.25, -0.2) is 0 Å². The Balaban J connectivity index is 1.43. The third-order valence-corrected chi connectivity index (χ3v) is 4.60. The van der Waals surface area contributed by atoms with Gasteiger partial charge in [-0.2, -0.15) is 0 Å². The number of fused-ring (bicyclic) bond motifs is 1. The summed E-state index contributed by atoms with van der Waals surface area (Å²) >= 11 is 0. The van der Waals surface area contributed by atoms with Crippen molar-refractivity contribution in [1.29, 1.82) is 0 Å². The second kappa shape index (κ2) is 9.73. The number of esters is 1. The molecule has 0 aliphatic heterocycles. The molecule has 0 radical (unpaired) electrons. The van der Waals surface area contributed by atoms with Crippen LogP contribution in [0.5, 0.6) is 5.75 Å². The second-order valence-corrected chi connectivity index (χ2v) is 6.93. The van der Waals surface area contributed by atoms with Crippen molar-refractivity contribution in [2.45, 2.75) is 26.3 Å². The van der Waals surface area contributed by atoms with E-state index in [1.54, 1.807) is 0 Å². The average Bonchev–Trinajstić information content (AvgIpc) is 2.72. The number of nitrogens with one attached hydrogen (secondary N) is 1. The number of benzene rings is 3. The van der Waals surface area contributed by atoms with E-state index in [1.807, 2.05) is 80.6 Å². The molecule has 150 valence electrons. The third kappa shape index (κ3) is 5.82. The van der Waals surface area contributed by atoms with Gasteiger partial charge in [-0.05, 0) is 47.9 Å². The van der Waals surface area contributed by atoms with Crippen molar-refractivity contribution in [2.75, 3.05) is 13.2 Å². The Bertz CT molecular complexity index is 994. The normalized spacial score (nSPS) is 11.7. The fourth-order valence-electron chi connectivity index (χ4n) is 3.16. The number of carbonyl (C=O) groups is 2. The Labute approximate surface area is 170 Å². The largest absolute Gasteiger partial charge is 0.493 e. The maximum Gasteiger partial charge on any atom is 0.309 e. The molecule has 0 saturated heterocycles. The Morgan fingerprint density at radius 3 is 2.59 bits per heavy atom. The Morgan fingerprint density at radius 1 is 1.00 bits per heavy atom. The summed E-state index contributed by atoms with van der Waals surface area (Å²) in [7, 11) is 0. The molecule has 1 amide bonds. The van der Waals surface area contributed by atoms with Gasteiger partial charge < -0.3 is 14.8 Å². The summed E-state index contributed by atoms with van der Waals surface area (Å²) in [5, 5.41) is 5.09. The molecule has 0 aliphatic carbocycles. The summed E-state index contributed by atoms with van der Waals surface area (Å²) in [5.74, 6) is -0.0940. The number of carbonyl (C=O) groups excluding carboxylic acids is 2. The number of hydrogen-bond acceptors (Lipinski definition) is 4. The summed E-state index contributed by atoms with van der Waals surface area (Å²) in [4.78, 5) is 24.0. The van der Waals surface area contributed by atoms with Gasteiger partial charge in [0.05, 0.1) is 19.1 Å². The quantitative estimate of drug-likeness (QED) is 0.580. The molecule has 0 bridgehead atoms. The molecule has 1 atom stereocenters. The van der Waals surface area contributed by atoms with Gasteiger partial charge in [0, 0.05) is 0 Å². The van der Waals surface area contributed by atoms with E-state index in [1.165, 1.54) is 0 Å². The van der Waals surface area contributed by atoms with Gasteiger partial charge in [0.15, 0.2) is 6.61 Å². The van der Waals surface area contributed by atoms with Crippen molar-refractivity contribution in [1.82, 2.24) is 5.32 Å². The topological polar surface area (TPSA) is 64.6 Å². The highest BCUT2D eigenvalue weighted by molar-refractivity contribution is 5.87. The zero-order valence-corrected chi connectivity index (χ0v) is 16.7. The van der Waals surface area contributed by atoms with E-state index >= 15 is 0 Å².